The maximum atomic E-state index is 6.52. The van der Waals surface area contributed by atoms with Crippen LogP contribution in [0.1, 0.15) is 53.9 Å². The van der Waals surface area contributed by atoms with E-state index in [2.05, 4.69) is 46.8 Å². The lowest BCUT2D eigenvalue weighted by atomic mass is 9.52. The van der Waals surface area contributed by atoms with Crippen molar-refractivity contribution >= 4 is 7.85 Å². The minimum absolute atomic E-state index is 0.0609. The summed E-state index contributed by atoms with van der Waals surface area (Å²) in [5.74, 6) is 1.28. The molecule has 0 amide bonds. The van der Waals surface area contributed by atoms with Crippen LogP contribution in [0.25, 0.3) is 0 Å². The van der Waals surface area contributed by atoms with E-state index in [1.54, 1.807) is 0 Å². The number of allylic oxidation sites excluding steroid dienone is 2. The third-order valence-electron chi connectivity index (χ3n) is 3.42. The van der Waals surface area contributed by atoms with Crippen molar-refractivity contribution in [3.8, 4) is 0 Å². The first-order chi connectivity index (χ1) is 6.72. The van der Waals surface area contributed by atoms with Gasteiger partial charge in [0.05, 0.1) is 7.85 Å². The fraction of sp³-hybridized carbons (Fsp3) is 0.857. The minimum atomic E-state index is -0.0609. The summed E-state index contributed by atoms with van der Waals surface area (Å²) in [5.41, 5.74) is 0.314. The molecule has 3 unspecified atom stereocenters. The standard InChI is InChI=1S/C14H25B/c1-11-8-6-7-9-12(11)14(5,15)10-13(2,3)4/h7,9,11-12H,6,8,10H2,1-5H3. The van der Waals surface area contributed by atoms with Crippen molar-refractivity contribution in [3.05, 3.63) is 12.2 Å². The van der Waals surface area contributed by atoms with Gasteiger partial charge in [-0.05, 0) is 30.1 Å². The van der Waals surface area contributed by atoms with E-state index in [0.717, 1.165) is 12.3 Å². The maximum absolute atomic E-state index is 6.52. The summed E-state index contributed by atoms with van der Waals surface area (Å²) in [5, 5.41) is -0.0609. The van der Waals surface area contributed by atoms with Crippen LogP contribution in [-0.4, -0.2) is 7.85 Å². The summed E-state index contributed by atoms with van der Waals surface area (Å²) in [7, 11) is 6.52. The lowest BCUT2D eigenvalue weighted by Gasteiger charge is -2.42. The zero-order valence-electron chi connectivity index (χ0n) is 11.0. The first-order valence-electron chi connectivity index (χ1n) is 6.18. The smallest absolute Gasteiger partial charge is 0.0750 e. The van der Waals surface area contributed by atoms with Gasteiger partial charge in [-0.2, -0.15) is 0 Å². The summed E-state index contributed by atoms with van der Waals surface area (Å²) in [6, 6.07) is 0. The van der Waals surface area contributed by atoms with Gasteiger partial charge in [-0.1, -0.05) is 58.5 Å². The summed E-state index contributed by atoms with van der Waals surface area (Å²) in [6.07, 6.45) is 8.25. The lowest BCUT2D eigenvalue weighted by molar-refractivity contribution is 0.227. The highest BCUT2D eigenvalue weighted by molar-refractivity contribution is 6.15. The SMILES string of the molecule is [B]C(C)(CC(C)(C)C)C1C=CCCC1C. The van der Waals surface area contributed by atoms with Gasteiger partial charge in [0.1, 0.15) is 0 Å². The van der Waals surface area contributed by atoms with Gasteiger partial charge in [-0.25, -0.2) is 0 Å². The third kappa shape index (κ3) is 3.70. The van der Waals surface area contributed by atoms with Crippen LogP contribution < -0.4 is 0 Å². The molecule has 0 bridgehead atoms. The van der Waals surface area contributed by atoms with Crippen molar-refractivity contribution in [2.75, 3.05) is 0 Å². The van der Waals surface area contributed by atoms with Crippen molar-refractivity contribution in [3.63, 3.8) is 0 Å². The molecule has 0 aliphatic heterocycles. The molecule has 1 rings (SSSR count). The Morgan fingerprint density at radius 3 is 2.33 bits per heavy atom. The number of hydrogen-bond donors (Lipinski definition) is 0. The Balaban J connectivity index is 2.75. The zero-order valence-corrected chi connectivity index (χ0v) is 11.0. The van der Waals surface area contributed by atoms with Gasteiger partial charge < -0.3 is 0 Å². The van der Waals surface area contributed by atoms with Crippen LogP contribution in [0.2, 0.25) is 5.31 Å². The predicted octanol–water partition coefficient (Wildman–Crippen LogP) is 4.37. The van der Waals surface area contributed by atoms with Crippen molar-refractivity contribution in [1.29, 1.82) is 0 Å². The third-order valence-corrected chi connectivity index (χ3v) is 3.42. The second kappa shape index (κ2) is 4.35. The van der Waals surface area contributed by atoms with Crippen molar-refractivity contribution in [2.24, 2.45) is 17.3 Å². The van der Waals surface area contributed by atoms with Crippen molar-refractivity contribution in [2.45, 2.75) is 59.2 Å². The van der Waals surface area contributed by atoms with Gasteiger partial charge in [0.25, 0.3) is 0 Å². The lowest BCUT2D eigenvalue weighted by Crippen LogP contribution is -2.30. The molecule has 0 saturated heterocycles. The number of hydrogen-bond acceptors (Lipinski definition) is 0. The predicted molar refractivity (Wildman–Crippen MR) is 69.2 cm³/mol. The van der Waals surface area contributed by atoms with Crippen LogP contribution in [0, 0.1) is 17.3 Å². The van der Waals surface area contributed by atoms with Crippen LogP contribution >= 0.6 is 0 Å². The highest BCUT2D eigenvalue weighted by Gasteiger charge is 2.35. The molecular formula is C14H25B. The van der Waals surface area contributed by atoms with E-state index >= 15 is 0 Å². The largest absolute Gasteiger partial charge is 0.0882 e. The Labute approximate surface area is 96.9 Å². The fourth-order valence-electron chi connectivity index (χ4n) is 3.10. The Hall–Kier alpha value is -0.195. The Kier molecular flexibility index (Phi) is 3.74. The van der Waals surface area contributed by atoms with Crippen LogP contribution in [0.15, 0.2) is 12.2 Å². The Bertz CT molecular complexity index is 232. The molecule has 0 spiro atoms. The molecule has 0 nitrogen and oxygen atoms in total. The molecule has 0 heterocycles. The Morgan fingerprint density at radius 2 is 1.87 bits per heavy atom. The van der Waals surface area contributed by atoms with Gasteiger partial charge in [-0.15, -0.1) is 0 Å². The van der Waals surface area contributed by atoms with Crippen molar-refractivity contribution < 1.29 is 0 Å². The van der Waals surface area contributed by atoms with Crippen LogP contribution in [0.5, 0.6) is 0 Å². The van der Waals surface area contributed by atoms with E-state index in [0.29, 0.717) is 11.3 Å². The molecule has 2 radical (unpaired) electrons. The summed E-state index contributed by atoms with van der Waals surface area (Å²) >= 11 is 0. The van der Waals surface area contributed by atoms with Crippen LogP contribution in [-0.2, 0) is 0 Å². The zero-order chi connectivity index (χ0) is 11.7. The quantitative estimate of drug-likeness (QED) is 0.462. The van der Waals surface area contributed by atoms with Gasteiger partial charge >= 0.3 is 0 Å². The highest BCUT2D eigenvalue weighted by atomic mass is 14.4. The highest BCUT2D eigenvalue weighted by Crippen LogP contribution is 2.48. The average molecular weight is 204 g/mol. The molecule has 0 aromatic carbocycles. The van der Waals surface area contributed by atoms with E-state index in [9.17, 15) is 0 Å². The van der Waals surface area contributed by atoms with Crippen LogP contribution in [0.3, 0.4) is 0 Å². The fourth-order valence-corrected chi connectivity index (χ4v) is 3.10. The molecule has 84 valence electrons. The molecule has 1 aliphatic rings. The molecule has 0 aromatic heterocycles. The molecule has 0 N–H and O–H groups in total. The minimum Gasteiger partial charge on any atom is -0.0882 e. The van der Waals surface area contributed by atoms with Gasteiger partial charge in [0, 0.05) is 0 Å². The summed E-state index contributed by atoms with van der Waals surface area (Å²) in [6.45, 7) is 11.4. The van der Waals surface area contributed by atoms with E-state index in [1.165, 1.54) is 12.8 Å². The first kappa shape index (κ1) is 12.9. The molecule has 1 heteroatoms. The van der Waals surface area contributed by atoms with E-state index < -0.39 is 0 Å². The molecule has 1 aliphatic carbocycles. The molecule has 0 saturated carbocycles. The second-order valence-electron chi connectivity index (χ2n) is 6.75. The molecule has 3 atom stereocenters. The van der Waals surface area contributed by atoms with E-state index in [-0.39, 0.29) is 5.31 Å². The van der Waals surface area contributed by atoms with E-state index in [4.69, 9.17) is 7.85 Å². The second-order valence-corrected chi connectivity index (χ2v) is 6.75. The normalized spacial score (nSPS) is 31.3. The monoisotopic (exact) mass is 204 g/mol. The average Bonchev–Trinajstić information content (AvgIpc) is 1.99. The van der Waals surface area contributed by atoms with E-state index in [1.807, 2.05) is 0 Å². The summed E-state index contributed by atoms with van der Waals surface area (Å²) in [4.78, 5) is 0. The van der Waals surface area contributed by atoms with Gasteiger partial charge in [0.15, 0.2) is 0 Å². The number of rotatable bonds is 2. The van der Waals surface area contributed by atoms with Crippen LogP contribution in [0.4, 0.5) is 0 Å². The van der Waals surface area contributed by atoms with Gasteiger partial charge in [0.2, 0.25) is 0 Å². The summed E-state index contributed by atoms with van der Waals surface area (Å²) < 4.78 is 0. The molecule has 0 fully saturated rings. The maximum Gasteiger partial charge on any atom is 0.0750 e. The Morgan fingerprint density at radius 1 is 1.27 bits per heavy atom. The first-order valence-corrected chi connectivity index (χ1v) is 6.18. The molecular weight excluding hydrogens is 179 g/mol. The molecule has 15 heavy (non-hydrogen) atoms. The topological polar surface area (TPSA) is 0 Å². The van der Waals surface area contributed by atoms with Crippen molar-refractivity contribution in [1.82, 2.24) is 0 Å². The molecule has 0 aromatic rings. The van der Waals surface area contributed by atoms with Gasteiger partial charge in [-0.3, -0.25) is 0 Å².